The smallest absolute Gasteiger partial charge is 0.306 e. The van der Waals surface area contributed by atoms with Crippen LogP contribution in [0.5, 0.6) is 23.0 Å². The molecule has 9 nitrogen and oxygen atoms in total. The zero-order chi connectivity index (χ0) is 31.6. The van der Waals surface area contributed by atoms with Gasteiger partial charge in [0.05, 0.1) is 39.9 Å². The number of carboxylic acids is 1. The van der Waals surface area contributed by atoms with Crippen molar-refractivity contribution in [3.8, 4) is 23.0 Å². The number of carbonyl (C=O) groups is 2. The first-order chi connectivity index (χ1) is 21.3. The number of likely N-dealkylation sites (N-methyl/N-ethyl adjacent to an activating group) is 1. The Hall–Kier alpha value is -3.72. The summed E-state index contributed by atoms with van der Waals surface area (Å²) in [6.45, 7) is 8.16. The second kappa shape index (κ2) is 13.1. The molecule has 2 aromatic carbocycles. The van der Waals surface area contributed by atoms with Crippen LogP contribution in [0.2, 0.25) is 0 Å². The lowest BCUT2D eigenvalue weighted by molar-refractivity contribution is -0.155. The van der Waals surface area contributed by atoms with Gasteiger partial charge in [0.2, 0.25) is 5.91 Å². The van der Waals surface area contributed by atoms with Crippen molar-refractivity contribution in [3.63, 3.8) is 0 Å². The third-order valence-corrected chi connectivity index (χ3v) is 10.2. The Morgan fingerprint density at radius 2 is 1.57 bits per heavy atom. The summed E-state index contributed by atoms with van der Waals surface area (Å²) in [5.74, 6) is 1.11. The van der Waals surface area contributed by atoms with Gasteiger partial charge in [-0.25, -0.2) is 0 Å². The minimum atomic E-state index is -0.788. The molecule has 9 heteroatoms. The Kier molecular flexibility index (Phi) is 9.44. The number of fused-ring (bicyclic) bond motifs is 3. The number of carboxylic acid groups (broad SMARTS) is 1. The van der Waals surface area contributed by atoms with E-state index in [2.05, 4.69) is 35.4 Å². The fourth-order valence-corrected chi connectivity index (χ4v) is 8.15. The molecule has 1 fully saturated rings. The van der Waals surface area contributed by atoms with E-state index in [4.69, 9.17) is 18.9 Å². The average molecular weight is 607 g/mol. The van der Waals surface area contributed by atoms with Gasteiger partial charge in [-0.1, -0.05) is 13.0 Å². The fourth-order valence-electron chi connectivity index (χ4n) is 8.15. The van der Waals surface area contributed by atoms with E-state index in [0.717, 1.165) is 41.8 Å². The monoisotopic (exact) mass is 606 g/mol. The summed E-state index contributed by atoms with van der Waals surface area (Å²) in [7, 11) is 6.54. The van der Waals surface area contributed by atoms with Gasteiger partial charge in [0.1, 0.15) is 0 Å². The van der Waals surface area contributed by atoms with Crippen molar-refractivity contribution >= 4 is 11.9 Å². The summed E-state index contributed by atoms with van der Waals surface area (Å²) < 4.78 is 23.0. The van der Waals surface area contributed by atoms with Crippen molar-refractivity contribution < 1.29 is 33.6 Å². The SMILES string of the molecule is C=CCCC(=O)N1CCc2cc(OC)c(OC)cc2C12CCC(C(=O)O)CC2C1c2cc(OC)c(OC)cc2CCN1CC. The predicted molar refractivity (Wildman–Crippen MR) is 168 cm³/mol. The largest absolute Gasteiger partial charge is 0.493 e. The molecule has 1 N–H and O–H groups in total. The molecule has 1 amide bonds. The van der Waals surface area contributed by atoms with Crippen molar-refractivity contribution in [1.29, 1.82) is 0 Å². The Labute approximate surface area is 260 Å². The number of aliphatic carboxylic acids is 1. The minimum absolute atomic E-state index is 0.0653. The van der Waals surface area contributed by atoms with Crippen molar-refractivity contribution in [2.45, 2.75) is 63.5 Å². The lowest BCUT2D eigenvalue weighted by Crippen LogP contribution is -2.62. The molecule has 1 spiro atoms. The maximum Gasteiger partial charge on any atom is 0.306 e. The molecule has 2 aromatic rings. The number of ether oxygens (including phenoxy) is 4. The molecule has 5 rings (SSSR count). The van der Waals surface area contributed by atoms with Gasteiger partial charge in [-0.3, -0.25) is 14.5 Å². The van der Waals surface area contributed by atoms with Gasteiger partial charge >= 0.3 is 5.97 Å². The Morgan fingerprint density at radius 1 is 0.955 bits per heavy atom. The van der Waals surface area contributed by atoms with Gasteiger partial charge in [-0.15, -0.1) is 6.58 Å². The summed E-state index contributed by atoms with van der Waals surface area (Å²) >= 11 is 0. The van der Waals surface area contributed by atoms with Crippen molar-refractivity contribution in [2.24, 2.45) is 11.8 Å². The van der Waals surface area contributed by atoms with Crippen LogP contribution in [0.4, 0.5) is 0 Å². The van der Waals surface area contributed by atoms with Crippen LogP contribution in [-0.2, 0) is 28.0 Å². The van der Waals surface area contributed by atoms with E-state index < -0.39 is 17.4 Å². The zero-order valence-corrected chi connectivity index (χ0v) is 26.7. The van der Waals surface area contributed by atoms with Crippen LogP contribution in [0.25, 0.3) is 0 Å². The van der Waals surface area contributed by atoms with Crippen LogP contribution in [0.15, 0.2) is 36.9 Å². The highest BCUT2D eigenvalue weighted by molar-refractivity contribution is 5.79. The molecule has 0 aromatic heterocycles. The molecule has 4 atom stereocenters. The van der Waals surface area contributed by atoms with Gasteiger partial charge in [0.15, 0.2) is 23.0 Å². The number of carbonyl (C=O) groups excluding carboxylic acids is 1. The molecule has 1 saturated carbocycles. The van der Waals surface area contributed by atoms with Crippen LogP contribution in [-0.4, -0.2) is 74.9 Å². The van der Waals surface area contributed by atoms with E-state index in [1.165, 1.54) is 0 Å². The standard InChI is InChI=1S/C35H46N2O7/c1-7-9-10-32(38)37-16-13-23-19-29(42-4)31(44-6)21-26(23)35(37)14-11-24(34(39)40)17-27(35)33-25-20-30(43-5)28(41-3)18-22(25)12-15-36(33)8-2/h7,18-21,24,27,33H,1,8-17H2,2-6H3,(H,39,40). The molecule has 44 heavy (non-hydrogen) atoms. The van der Waals surface area contributed by atoms with Gasteiger partial charge in [-0.2, -0.15) is 0 Å². The first-order valence-corrected chi connectivity index (χ1v) is 15.7. The molecule has 238 valence electrons. The number of methoxy groups -OCH3 is 4. The number of hydrogen-bond donors (Lipinski definition) is 1. The van der Waals surface area contributed by atoms with Crippen LogP contribution >= 0.6 is 0 Å². The van der Waals surface area contributed by atoms with Crippen LogP contribution < -0.4 is 18.9 Å². The Balaban J connectivity index is 1.80. The van der Waals surface area contributed by atoms with E-state index in [1.54, 1.807) is 34.5 Å². The topological polar surface area (TPSA) is 97.8 Å². The van der Waals surface area contributed by atoms with Gasteiger partial charge in [0.25, 0.3) is 0 Å². The zero-order valence-electron chi connectivity index (χ0n) is 26.7. The maximum absolute atomic E-state index is 14.2. The number of amides is 1. The van der Waals surface area contributed by atoms with Crippen molar-refractivity contribution in [1.82, 2.24) is 9.80 Å². The van der Waals surface area contributed by atoms with Gasteiger partial charge < -0.3 is 29.0 Å². The van der Waals surface area contributed by atoms with Gasteiger partial charge in [0, 0.05) is 31.5 Å². The first-order valence-electron chi connectivity index (χ1n) is 15.7. The second-order valence-electron chi connectivity index (χ2n) is 12.1. The Bertz CT molecular complexity index is 1410. The summed E-state index contributed by atoms with van der Waals surface area (Å²) in [6.07, 6.45) is 5.68. The molecule has 4 unspecified atom stereocenters. The number of rotatable bonds is 10. The summed E-state index contributed by atoms with van der Waals surface area (Å²) in [6, 6.07) is 8.07. The molecule has 0 bridgehead atoms. The molecule has 2 aliphatic heterocycles. The highest BCUT2D eigenvalue weighted by Gasteiger charge is 2.57. The average Bonchev–Trinajstić information content (AvgIpc) is 3.05. The molecule has 3 aliphatic rings. The van der Waals surface area contributed by atoms with E-state index in [1.807, 2.05) is 12.1 Å². The Morgan fingerprint density at radius 3 is 2.18 bits per heavy atom. The number of allylic oxidation sites excluding steroid dienone is 1. The van der Waals surface area contributed by atoms with Crippen molar-refractivity contribution in [2.75, 3.05) is 48.1 Å². The van der Waals surface area contributed by atoms with Crippen LogP contribution in [0.1, 0.15) is 67.3 Å². The van der Waals surface area contributed by atoms with Crippen LogP contribution in [0, 0.1) is 11.8 Å². The highest BCUT2D eigenvalue weighted by Crippen LogP contribution is 2.59. The molecule has 0 radical (unpaired) electrons. The molecular weight excluding hydrogens is 560 g/mol. The third kappa shape index (κ3) is 5.29. The van der Waals surface area contributed by atoms with Crippen molar-refractivity contribution in [3.05, 3.63) is 59.2 Å². The molecular formula is C35H46N2O7. The number of benzene rings is 2. The lowest BCUT2D eigenvalue weighted by Gasteiger charge is -2.59. The number of nitrogens with zero attached hydrogens (tertiary/aromatic N) is 2. The normalized spacial score (nSPS) is 24.7. The minimum Gasteiger partial charge on any atom is -0.493 e. The molecule has 1 aliphatic carbocycles. The quantitative estimate of drug-likeness (QED) is 0.360. The second-order valence-corrected chi connectivity index (χ2v) is 12.1. The molecule has 2 heterocycles. The third-order valence-electron chi connectivity index (χ3n) is 10.2. The maximum atomic E-state index is 14.2. The van der Waals surface area contributed by atoms with E-state index >= 15 is 0 Å². The van der Waals surface area contributed by atoms with E-state index in [9.17, 15) is 14.7 Å². The predicted octanol–water partition coefficient (Wildman–Crippen LogP) is 5.39. The highest BCUT2D eigenvalue weighted by atomic mass is 16.5. The van der Waals surface area contributed by atoms with E-state index in [-0.39, 0.29) is 17.9 Å². The van der Waals surface area contributed by atoms with E-state index in [0.29, 0.717) is 68.1 Å². The van der Waals surface area contributed by atoms with Gasteiger partial charge in [-0.05, 0) is 91.6 Å². The summed E-state index contributed by atoms with van der Waals surface area (Å²) in [5.41, 5.74) is 3.67. The lowest BCUT2D eigenvalue weighted by atomic mass is 9.58. The fraction of sp³-hybridized carbons (Fsp3) is 0.543. The number of hydrogen-bond acceptors (Lipinski definition) is 7. The summed E-state index contributed by atoms with van der Waals surface area (Å²) in [5, 5.41) is 10.4. The summed E-state index contributed by atoms with van der Waals surface area (Å²) in [4.78, 5) is 31.4. The first kappa shape index (κ1) is 31.7. The van der Waals surface area contributed by atoms with Crippen LogP contribution in [0.3, 0.4) is 0 Å². The molecule has 0 saturated heterocycles.